The zero-order chi connectivity index (χ0) is 19.2. The van der Waals surface area contributed by atoms with E-state index in [-0.39, 0.29) is 17.9 Å². The van der Waals surface area contributed by atoms with Crippen LogP contribution in [-0.2, 0) is 4.79 Å². The van der Waals surface area contributed by atoms with Gasteiger partial charge in [-0.2, -0.15) is 0 Å². The molecule has 0 aliphatic carbocycles. The number of rotatable bonds is 5. The summed E-state index contributed by atoms with van der Waals surface area (Å²) in [6.45, 7) is 4.93. The van der Waals surface area contributed by atoms with Gasteiger partial charge in [0, 0.05) is 36.8 Å². The highest BCUT2D eigenvalue weighted by Crippen LogP contribution is 2.14. The lowest BCUT2D eigenvalue weighted by Crippen LogP contribution is -2.51. The molecular formula is C21H24ClN3O2. The predicted molar refractivity (Wildman–Crippen MR) is 107 cm³/mol. The monoisotopic (exact) mass is 385 g/mol. The van der Waals surface area contributed by atoms with Gasteiger partial charge in [0.2, 0.25) is 5.91 Å². The summed E-state index contributed by atoms with van der Waals surface area (Å²) in [4.78, 5) is 28.8. The minimum Gasteiger partial charge on any atom is -0.348 e. The van der Waals surface area contributed by atoms with Crippen molar-refractivity contribution in [2.75, 3.05) is 32.7 Å². The molecule has 0 saturated carbocycles. The standard InChI is InChI=1S/C21H24ClN3O2/c1-16(17-5-3-2-4-6-17)23-20(26)15-24-11-13-25(14-12-24)21(27)18-7-9-19(22)10-8-18/h2-10,16H,11-15H2,1H3,(H,23,26). The Hall–Kier alpha value is -2.37. The topological polar surface area (TPSA) is 52.7 Å². The molecule has 5 nitrogen and oxygen atoms in total. The number of hydrogen-bond acceptors (Lipinski definition) is 3. The third-order valence-electron chi connectivity index (χ3n) is 4.79. The molecule has 1 aliphatic rings. The van der Waals surface area contributed by atoms with Crippen molar-refractivity contribution in [2.45, 2.75) is 13.0 Å². The summed E-state index contributed by atoms with van der Waals surface area (Å²) in [5.74, 6) is 0.0114. The Morgan fingerprint density at radius 3 is 2.26 bits per heavy atom. The molecule has 6 heteroatoms. The van der Waals surface area contributed by atoms with Crippen molar-refractivity contribution < 1.29 is 9.59 Å². The molecule has 0 aromatic heterocycles. The second kappa shape index (κ2) is 9.02. The smallest absolute Gasteiger partial charge is 0.253 e. The highest BCUT2D eigenvalue weighted by atomic mass is 35.5. The number of amides is 2. The van der Waals surface area contributed by atoms with Gasteiger partial charge in [0.25, 0.3) is 5.91 Å². The lowest BCUT2D eigenvalue weighted by Gasteiger charge is -2.34. The van der Waals surface area contributed by atoms with Crippen LogP contribution in [0, 0.1) is 0 Å². The van der Waals surface area contributed by atoms with Gasteiger partial charge in [-0.25, -0.2) is 0 Å². The fraction of sp³-hybridized carbons (Fsp3) is 0.333. The van der Waals surface area contributed by atoms with E-state index in [4.69, 9.17) is 11.6 Å². The van der Waals surface area contributed by atoms with Crippen LogP contribution >= 0.6 is 11.6 Å². The molecule has 2 amide bonds. The first-order valence-corrected chi connectivity index (χ1v) is 9.52. The summed E-state index contributed by atoms with van der Waals surface area (Å²) in [5.41, 5.74) is 1.73. The fourth-order valence-electron chi connectivity index (χ4n) is 3.20. The number of hydrogen-bond donors (Lipinski definition) is 1. The van der Waals surface area contributed by atoms with Crippen LogP contribution in [0.15, 0.2) is 54.6 Å². The quantitative estimate of drug-likeness (QED) is 0.860. The Balaban J connectivity index is 1.45. The maximum Gasteiger partial charge on any atom is 0.253 e. The van der Waals surface area contributed by atoms with Crippen molar-refractivity contribution in [3.05, 3.63) is 70.7 Å². The molecule has 1 fully saturated rings. The Kier molecular flexibility index (Phi) is 6.48. The molecule has 2 aromatic rings. The van der Waals surface area contributed by atoms with Gasteiger partial charge < -0.3 is 10.2 Å². The van der Waals surface area contributed by atoms with Crippen LogP contribution in [0.3, 0.4) is 0 Å². The van der Waals surface area contributed by atoms with E-state index in [1.807, 2.05) is 42.2 Å². The summed E-state index contributed by atoms with van der Waals surface area (Å²) >= 11 is 5.88. The molecule has 3 rings (SSSR count). The third kappa shape index (κ3) is 5.31. The normalized spacial score (nSPS) is 16.0. The van der Waals surface area contributed by atoms with Crippen LogP contribution in [0.4, 0.5) is 0 Å². The van der Waals surface area contributed by atoms with Crippen LogP contribution in [0.5, 0.6) is 0 Å². The van der Waals surface area contributed by atoms with E-state index in [9.17, 15) is 9.59 Å². The molecule has 2 aromatic carbocycles. The average molecular weight is 386 g/mol. The van der Waals surface area contributed by atoms with Crippen LogP contribution in [0.2, 0.25) is 5.02 Å². The van der Waals surface area contributed by atoms with E-state index in [0.717, 1.165) is 5.56 Å². The van der Waals surface area contributed by atoms with Crippen molar-refractivity contribution in [1.29, 1.82) is 0 Å². The molecule has 142 valence electrons. The first kappa shape index (κ1) is 19.4. The number of piperazine rings is 1. The molecule has 1 saturated heterocycles. The molecular weight excluding hydrogens is 362 g/mol. The van der Waals surface area contributed by atoms with Crippen molar-refractivity contribution >= 4 is 23.4 Å². The molecule has 27 heavy (non-hydrogen) atoms. The molecule has 1 unspecified atom stereocenters. The van der Waals surface area contributed by atoms with Gasteiger partial charge in [0.05, 0.1) is 12.6 Å². The van der Waals surface area contributed by atoms with E-state index < -0.39 is 0 Å². The lowest BCUT2D eigenvalue weighted by molar-refractivity contribution is -0.123. The van der Waals surface area contributed by atoms with E-state index >= 15 is 0 Å². The molecule has 0 spiro atoms. The van der Waals surface area contributed by atoms with E-state index in [1.54, 1.807) is 24.3 Å². The highest BCUT2D eigenvalue weighted by Gasteiger charge is 2.23. The Labute approximate surface area is 164 Å². The first-order chi connectivity index (χ1) is 13.0. The number of carbonyl (C=O) groups excluding carboxylic acids is 2. The molecule has 0 radical (unpaired) electrons. The largest absolute Gasteiger partial charge is 0.348 e. The predicted octanol–water partition coefficient (Wildman–Crippen LogP) is 2.98. The van der Waals surface area contributed by atoms with Gasteiger partial charge in [0.15, 0.2) is 0 Å². The van der Waals surface area contributed by atoms with Crippen molar-refractivity contribution in [3.63, 3.8) is 0 Å². The number of carbonyl (C=O) groups is 2. The summed E-state index contributed by atoms with van der Waals surface area (Å²) in [7, 11) is 0. The first-order valence-electron chi connectivity index (χ1n) is 9.14. The van der Waals surface area contributed by atoms with Gasteiger partial charge in [-0.15, -0.1) is 0 Å². The molecule has 1 aliphatic heterocycles. The summed E-state index contributed by atoms with van der Waals surface area (Å²) in [5, 5.41) is 3.65. The summed E-state index contributed by atoms with van der Waals surface area (Å²) in [6, 6.07) is 16.8. The number of nitrogens with one attached hydrogen (secondary N) is 1. The maximum absolute atomic E-state index is 12.5. The molecule has 1 atom stereocenters. The van der Waals surface area contributed by atoms with Gasteiger partial charge in [-0.05, 0) is 36.8 Å². The van der Waals surface area contributed by atoms with Crippen LogP contribution in [0.1, 0.15) is 28.9 Å². The van der Waals surface area contributed by atoms with Gasteiger partial charge in [-0.3, -0.25) is 14.5 Å². The number of nitrogens with zero attached hydrogens (tertiary/aromatic N) is 2. The summed E-state index contributed by atoms with van der Waals surface area (Å²) in [6.07, 6.45) is 0. The van der Waals surface area contributed by atoms with Crippen molar-refractivity contribution in [2.24, 2.45) is 0 Å². The van der Waals surface area contributed by atoms with Gasteiger partial charge >= 0.3 is 0 Å². The third-order valence-corrected chi connectivity index (χ3v) is 5.05. The zero-order valence-corrected chi connectivity index (χ0v) is 16.2. The highest BCUT2D eigenvalue weighted by molar-refractivity contribution is 6.30. The fourth-order valence-corrected chi connectivity index (χ4v) is 3.33. The maximum atomic E-state index is 12.5. The average Bonchev–Trinajstić information content (AvgIpc) is 2.69. The van der Waals surface area contributed by atoms with Crippen molar-refractivity contribution in [3.8, 4) is 0 Å². The minimum absolute atomic E-state index is 0.00355. The van der Waals surface area contributed by atoms with Crippen LogP contribution < -0.4 is 5.32 Å². The SMILES string of the molecule is CC(NC(=O)CN1CCN(C(=O)c2ccc(Cl)cc2)CC1)c1ccccc1. The van der Waals surface area contributed by atoms with Gasteiger partial charge in [-0.1, -0.05) is 41.9 Å². The minimum atomic E-state index is -0.0218. The van der Waals surface area contributed by atoms with Crippen LogP contribution in [-0.4, -0.2) is 54.3 Å². The Morgan fingerprint density at radius 1 is 1.00 bits per heavy atom. The number of halogens is 1. The molecule has 1 N–H and O–H groups in total. The van der Waals surface area contributed by atoms with Crippen LogP contribution in [0.25, 0.3) is 0 Å². The van der Waals surface area contributed by atoms with Gasteiger partial charge in [0.1, 0.15) is 0 Å². The summed E-state index contributed by atoms with van der Waals surface area (Å²) < 4.78 is 0. The second-order valence-corrected chi connectivity index (χ2v) is 7.21. The Bertz CT molecular complexity index is 772. The van der Waals surface area contributed by atoms with Crippen molar-refractivity contribution in [1.82, 2.24) is 15.1 Å². The lowest BCUT2D eigenvalue weighted by atomic mass is 10.1. The van der Waals surface area contributed by atoms with E-state index in [1.165, 1.54) is 0 Å². The van der Waals surface area contributed by atoms with E-state index in [0.29, 0.717) is 43.3 Å². The second-order valence-electron chi connectivity index (χ2n) is 6.78. The number of benzene rings is 2. The Morgan fingerprint density at radius 2 is 1.63 bits per heavy atom. The van der Waals surface area contributed by atoms with E-state index in [2.05, 4.69) is 10.2 Å². The zero-order valence-electron chi connectivity index (χ0n) is 15.4. The molecule has 0 bridgehead atoms. The molecule has 1 heterocycles.